The zero-order valence-electron chi connectivity index (χ0n) is 10.4. The molecule has 2 saturated heterocycles. The first kappa shape index (κ1) is 12.1. The third-order valence-corrected chi connectivity index (χ3v) is 4.88. The van der Waals surface area contributed by atoms with Gasteiger partial charge in [0.15, 0.2) is 0 Å². The molecule has 96 valence electrons. The fraction of sp³-hybridized carbons (Fsp3) is 0.500. The molecular weight excluding hydrogens is 244 g/mol. The van der Waals surface area contributed by atoms with Gasteiger partial charge in [-0.15, -0.1) is 0 Å². The minimum atomic E-state index is 0.240. The van der Waals surface area contributed by atoms with Gasteiger partial charge in [-0.2, -0.15) is 11.8 Å². The van der Waals surface area contributed by atoms with Gasteiger partial charge >= 0.3 is 0 Å². The minimum Gasteiger partial charge on any atom is -0.310 e. The SMILES string of the molecule is O=C1CN([C@H]2CCSC2)CCN1c1ccccc1. The molecule has 0 saturated carbocycles. The van der Waals surface area contributed by atoms with Crippen molar-refractivity contribution in [2.24, 2.45) is 0 Å². The molecule has 0 aromatic heterocycles. The lowest BCUT2D eigenvalue weighted by Gasteiger charge is -2.37. The van der Waals surface area contributed by atoms with Crippen molar-refractivity contribution >= 4 is 23.4 Å². The van der Waals surface area contributed by atoms with Crippen LogP contribution in [0.3, 0.4) is 0 Å². The van der Waals surface area contributed by atoms with Crippen molar-refractivity contribution in [3.8, 4) is 0 Å². The van der Waals surface area contributed by atoms with Crippen LogP contribution in [0.15, 0.2) is 30.3 Å². The van der Waals surface area contributed by atoms with E-state index < -0.39 is 0 Å². The van der Waals surface area contributed by atoms with E-state index in [-0.39, 0.29) is 5.91 Å². The second-order valence-electron chi connectivity index (χ2n) is 4.87. The molecule has 0 N–H and O–H groups in total. The molecule has 0 aliphatic carbocycles. The van der Waals surface area contributed by atoms with Crippen molar-refractivity contribution < 1.29 is 4.79 Å². The van der Waals surface area contributed by atoms with E-state index in [2.05, 4.69) is 4.90 Å². The van der Waals surface area contributed by atoms with Crippen LogP contribution < -0.4 is 4.90 Å². The van der Waals surface area contributed by atoms with Gasteiger partial charge in [-0.25, -0.2) is 0 Å². The summed E-state index contributed by atoms with van der Waals surface area (Å²) >= 11 is 2.01. The first-order chi connectivity index (χ1) is 8.84. The van der Waals surface area contributed by atoms with E-state index in [9.17, 15) is 4.79 Å². The van der Waals surface area contributed by atoms with Crippen LogP contribution in [0.1, 0.15) is 6.42 Å². The summed E-state index contributed by atoms with van der Waals surface area (Å²) in [5.74, 6) is 2.68. The quantitative estimate of drug-likeness (QED) is 0.812. The monoisotopic (exact) mass is 262 g/mol. The number of rotatable bonds is 2. The Morgan fingerprint density at radius 3 is 2.67 bits per heavy atom. The predicted octanol–water partition coefficient (Wildman–Crippen LogP) is 1.84. The average Bonchev–Trinajstić information content (AvgIpc) is 2.93. The predicted molar refractivity (Wildman–Crippen MR) is 76.1 cm³/mol. The number of hydrogen-bond donors (Lipinski definition) is 0. The number of amides is 1. The molecule has 1 atom stereocenters. The smallest absolute Gasteiger partial charge is 0.241 e. The summed E-state index contributed by atoms with van der Waals surface area (Å²) in [6, 6.07) is 10.6. The van der Waals surface area contributed by atoms with Gasteiger partial charge in [0.05, 0.1) is 6.54 Å². The van der Waals surface area contributed by atoms with Crippen LogP contribution in [-0.2, 0) is 4.79 Å². The Hall–Kier alpha value is -1.00. The van der Waals surface area contributed by atoms with E-state index in [4.69, 9.17) is 0 Å². The number of thioether (sulfide) groups is 1. The van der Waals surface area contributed by atoms with Gasteiger partial charge in [-0.05, 0) is 24.3 Å². The van der Waals surface area contributed by atoms with Gasteiger partial charge in [0.2, 0.25) is 5.91 Å². The van der Waals surface area contributed by atoms with E-state index in [1.165, 1.54) is 17.9 Å². The summed E-state index contributed by atoms with van der Waals surface area (Å²) in [6.07, 6.45) is 1.24. The Morgan fingerprint density at radius 2 is 2.00 bits per heavy atom. The maximum Gasteiger partial charge on any atom is 0.241 e. The summed E-state index contributed by atoms with van der Waals surface area (Å²) in [4.78, 5) is 16.5. The third-order valence-electron chi connectivity index (χ3n) is 3.74. The lowest BCUT2D eigenvalue weighted by molar-refractivity contribution is -0.121. The lowest BCUT2D eigenvalue weighted by atomic mass is 10.1. The molecule has 18 heavy (non-hydrogen) atoms. The molecule has 1 aromatic rings. The van der Waals surface area contributed by atoms with E-state index in [0.717, 1.165) is 18.8 Å². The van der Waals surface area contributed by atoms with Gasteiger partial charge in [0, 0.05) is 30.6 Å². The fourth-order valence-electron chi connectivity index (χ4n) is 2.69. The number of benzene rings is 1. The Bertz CT molecular complexity index is 417. The maximum atomic E-state index is 12.2. The van der Waals surface area contributed by atoms with Crippen LogP contribution in [0.25, 0.3) is 0 Å². The first-order valence-corrected chi connectivity index (χ1v) is 7.67. The van der Waals surface area contributed by atoms with Crippen molar-refractivity contribution in [1.29, 1.82) is 0 Å². The average molecular weight is 262 g/mol. The van der Waals surface area contributed by atoms with E-state index in [1.807, 2.05) is 47.0 Å². The van der Waals surface area contributed by atoms with Crippen LogP contribution in [0.4, 0.5) is 5.69 Å². The summed E-state index contributed by atoms with van der Waals surface area (Å²) < 4.78 is 0. The number of nitrogens with zero attached hydrogens (tertiary/aromatic N) is 2. The molecule has 2 aliphatic rings. The van der Waals surface area contributed by atoms with Crippen molar-refractivity contribution in [1.82, 2.24) is 4.90 Å². The molecule has 3 nitrogen and oxygen atoms in total. The minimum absolute atomic E-state index is 0.240. The summed E-state index contributed by atoms with van der Waals surface area (Å²) in [7, 11) is 0. The van der Waals surface area contributed by atoms with E-state index in [0.29, 0.717) is 12.6 Å². The fourth-order valence-corrected chi connectivity index (χ4v) is 3.95. The zero-order chi connectivity index (χ0) is 12.4. The van der Waals surface area contributed by atoms with Gasteiger partial charge < -0.3 is 4.90 Å². The van der Waals surface area contributed by atoms with Gasteiger partial charge in [-0.3, -0.25) is 9.69 Å². The Labute approximate surface area is 112 Å². The molecule has 0 spiro atoms. The summed E-state index contributed by atoms with van der Waals surface area (Å²) in [6.45, 7) is 2.41. The van der Waals surface area contributed by atoms with E-state index in [1.54, 1.807) is 0 Å². The number of anilines is 1. The highest BCUT2D eigenvalue weighted by atomic mass is 32.2. The largest absolute Gasteiger partial charge is 0.310 e. The van der Waals surface area contributed by atoms with Gasteiger partial charge in [0.1, 0.15) is 0 Å². The van der Waals surface area contributed by atoms with Crippen LogP contribution in [0, 0.1) is 0 Å². The van der Waals surface area contributed by atoms with Gasteiger partial charge in [0.25, 0.3) is 0 Å². The standard InChI is InChI=1S/C14H18N2OS/c17-14-10-15(13-6-9-18-11-13)7-8-16(14)12-4-2-1-3-5-12/h1-5,13H,6-11H2/t13-/m0/s1. The highest BCUT2D eigenvalue weighted by molar-refractivity contribution is 7.99. The molecule has 2 aliphatic heterocycles. The number of piperazine rings is 1. The highest BCUT2D eigenvalue weighted by Gasteiger charge is 2.30. The number of carbonyl (C=O) groups excluding carboxylic acids is 1. The molecule has 3 rings (SSSR count). The first-order valence-electron chi connectivity index (χ1n) is 6.52. The van der Waals surface area contributed by atoms with Crippen molar-refractivity contribution in [3.63, 3.8) is 0 Å². The molecule has 0 bridgehead atoms. The topological polar surface area (TPSA) is 23.6 Å². The van der Waals surface area contributed by atoms with Crippen molar-refractivity contribution in [2.45, 2.75) is 12.5 Å². The van der Waals surface area contributed by atoms with Crippen molar-refractivity contribution in [3.05, 3.63) is 30.3 Å². The third kappa shape index (κ3) is 2.40. The van der Waals surface area contributed by atoms with Crippen molar-refractivity contribution in [2.75, 3.05) is 36.0 Å². The lowest BCUT2D eigenvalue weighted by Crippen LogP contribution is -2.53. The molecule has 2 fully saturated rings. The summed E-state index contributed by atoms with van der Waals surface area (Å²) in [5.41, 5.74) is 1.03. The molecule has 1 amide bonds. The van der Waals surface area contributed by atoms with Crippen LogP contribution >= 0.6 is 11.8 Å². The van der Waals surface area contributed by atoms with Crippen LogP contribution in [-0.4, -0.2) is 48.0 Å². The Morgan fingerprint density at radius 1 is 1.17 bits per heavy atom. The maximum absolute atomic E-state index is 12.2. The Balaban J connectivity index is 1.67. The molecule has 1 aromatic carbocycles. The van der Waals surface area contributed by atoms with Crippen LogP contribution in [0.2, 0.25) is 0 Å². The van der Waals surface area contributed by atoms with E-state index >= 15 is 0 Å². The summed E-state index contributed by atoms with van der Waals surface area (Å²) in [5, 5.41) is 0. The normalized spacial score (nSPS) is 25.7. The Kier molecular flexibility index (Phi) is 3.57. The second-order valence-corrected chi connectivity index (χ2v) is 6.02. The molecular formula is C14H18N2OS. The van der Waals surface area contributed by atoms with Crippen LogP contribution in [0.5, 0.6) is 0 Å². The highest BCUT2D eigenvalue weighted by Crippen LogP contribution is 2.24. The molecule has 0 radical (unpaired) electrons. The molecule has 2 heterocycles. The number of carbonyl (C=O) groups is 1. The van der Waals surface area contributed by atoms with Gasteiger partial charge in [-0.1, -0.05) is 18.2 Å². The number of para-hydroxylation sites is 1. The molecule has 4 heteroatoms. The second kappa shape index (κ2) is 5.33. The number of hydrogen-bond acceptors (Lipinski definition) is 3. The molecule has 0 unspecified atom stereocenters. The zero-order valence-corrected chi connectivity index (χ0v) is 11.2.